The number of alkyl halides is 3. The first-order valence-corrected chi connectivity index (χ1v) is 12.2. The highest BCUT2D eigenvalue weighted by molar-refractivity contribution is 6.05. The number of carbonyl (C=O) groups is 3. The Hall–Kier alpha value is -3.90. The highest BCUT2D eigenvalue weighted by Gasteiger charge is 2.43. The monoisotopic (exact) mass is 534 g/mol. The smallest absolute Gasteiger partial charge is 0.407 e. The number of aromatic nitrogens is 2. The first-order valence-electron chi connectivity index (χ1n) is 12.2. The molecule has 0 aliphatic carbocycles. The number of hydrogen-bond donors (Lipinski definition) is 2. The van der Waals surface area contributed by atoms with E-state index in [0.29, 0.717) is 31.0 Å². The zero-order chi connectivity index (χ0) is 27.7. The summed E-state index contributed by atoms with van der Waals surface area (Å²) in [5, 5.41) is 4.80. The van der Waals surface area contributed by atoms with E-state index in [1.165, 1.54) is 17.2 Å². The first kappa shape index (κ1) is 27.1. The van der Waals surface area contributed by atoms with Gasteiger partial charge in [-0.1, -0.05) is 6.07 Å². The molecule has 2 bridgehead atoms. The maximum atomic E-state index is 13.7. The zero-order valence-corrected chi connectivity index (χ0v) is 21.2. The van der Waals surface area contributed by atoms with Crippen LogP contribution in [0.25, 0.3) is 0 Å². The van der Waals surface area contributed by atoms with Crippen LogP contribution in [0.15, 0.2) is 36.5 Å². The van der Waals surface area contributed by atoms with E-state index in [-0.39, 0.29) is 17.6 Å². The van der Waals surface area contributed by atoms with Gasteiger partial charge in [-0.25, -0.2) is 19.6 Å². The van der Waals surface area contributed by atoms with Crippen molar-refractivity contribution in [3.05, 3.63) is 42.2 Å². The summed E-state index contributed by atoms with van der Waals surface area (Å²) in [4.78, 5) is 49.9. The number of amides is 3. The molecule has 0 spiro atoms. The van der Waals surface area contributed by atoms with Crippen LogP contribution in [0.2, 0.25) is 0 Å². The molecule has 38 heavy (non-hydrogen) atoms. The van der Waals surface area contributed by atoms with Gasteiger partial charge in [0.15, 0.2) is 11.6 Å². The number of nitrogens with one attached hydrogen (secondary N) is 2. The zero-order valence-electron chi connectivity index (χ0n) is 21.2. The van der Waals surface area contributed by atoms with Crippen molar-refractivity contribution in [2.45, 2.75) is 51.4 Å². The van der Waals surface area contributed by atoms with Crippen LogP contribution in [0.5, 0.6) is 0 Å². The number of ether oxygens (including phenoxy) is 1. The van der Waals surface area contributed by atoms with Crippen molar-refractivity contribution in [1.82, 2.24) is 15.3 Å². The van der Waals surface area contributed by atoms with E-state index in [0.717, 1.165) is 0 Å². The Morgan fingerprint density at radius 3 is 2.58 bits per heavy atom. The molecule has 13 heteroatoms. The quantitative estimate of drug-likeness (QED) is 0.528. The number of anilines is 3. The second-order valence-electron chi connectivity index (χ2n) is 10.2. The number of pyridine rings is 2. The number of fused-ring (bicyclic) bond motifs is 4. The number of ketones is 1. The number of carbonyl (C=O) groups excluding carboxylic acids is 3. The van der Waals surface area contributed by atoms with Crippen LogP contribution in [0.3, 0.4) is 0 Å². The molecule has 2 N–H and O–H groups in total. The summed E-state index contributed by atoms with van der Waals surface area (Å²) in [6.07, 6.45) is -4.50. The van der Waals surface area contributed by atoms with Gasteiger partial charge in [-0.2, -0.15) is 13.2 Å². The number of rotatable bonds is 6. The second kappa shape index (κ2) is 10.5. The Labute approximate surface area is 217 Å². The van der Waals surface area contributed by atoms with Crippen LogP contribution in [-0.2, 0) is 4.74 Å². The van der Waals surface area contributed by atoms with E-state index in [9.17, 15) is 27.6 Å². The molecule has 4 rings (SSSR count). The van der Waals surface area contributed by atoms with Gasteiger partial charge in [0.05, 0.1) is 17.6 Å². The van der Waals surface area contributed by atoms with Gasteiger partial charge in [0.2, 0.25) is 0 Å². The lowest BCUT2D eigenvalue weighted by Gasteiger charge is -2.35. The third kappa shape index (κ3) is 6.32. The molecule has 2 aliphatic rings. The lowest BCUT2D eigenvalue weighted by Crippen LogP contribution is -2.48. The molecule has 2 aromatic heterocycles. The van der Waals surface area contributed by atoms with E-state index in [2.05, 4.69) is 20.6 Å². The summed E-state index contributed by atoms with van der Waals surface area (Å²) < 4.78 is 46.1. The minimum Gasteiger partial charge on any atom is -0.444 e. The van der Waals surface area contributed by atoms with Crippen LogP contribution >= 0.6 is 0 Å². The summed E-state index contributed by atoms with van der Waals surface area (Å²) in [5.41, 5.74) is -0.468. The van der Waals surface area contributed by atoms with Crippen molar-refractivity contribution >= 4 is 35.2 Å². The fraction of sp³-hybridized carbons (Fsp3) is 0.480. The van der Waals surface area contributed by atoms with E-state index >= 15 is 0 Å². The Kier molecular flexibility index (Phi) is 7.47. The van der Waals surface area contributed by atoms with Gasteiger partial charge in [0, 0.05) is 32.3 Å². The van der Waals surface area contributed by atoms with Crippen molar-refractivity contribution in [3.8, 4) is 0 Å². The number of nitrogens with zero attached hydrogens (tertiary/aromatic N) is 4. The molecular formula is C25H29F3N6O4. The van der Waals surface area contributed by atoms with Gasteiger partial charge in [0.25, 0.3) is 0 Å². The van der Waals surface area contributed by atoms with Gasteiger partial charge >= 0.3 is 18.3 Å². The molecule has 0 saturated carbocycles. The second-order valence-corrected chi connectivity index (χ2v) is 10.2. The summed E-state index contributed by atoms with van der Waals surface area (Å²) in [7, 11) is 0. The Bertz CT molecular complexity index is 1200. The molecule has 1 fully saturated rings. The van der Waals surface area contributed by atoms with Crippen LogP contribution in [0.4, 0.5) is 40.1 Å². The molecule has 0 radical (unpaired) electrons. The van der Waals surface area contributed by atoms with Crippen LogP contribution < -0.4 is 20.4 Å². The first-order chi connectivity index (χ1) is 17.8. The predicted octanol–water partition coefficient (Wildman–Crippen LogP) is 4.38. The molecular weight excluding hydrogens is 505 g/mol. The van der Waals surface area contributed by atoms with Crippen molar-refractivity contribution in [3.63, 3.8) is 0 Å². The third-order valence-electron chi connectivity index (χ3n) is 6.14. The van der Waals surface area contributed by atoms with Crippen LogP contribution in [-0.4, -0.2) is 65.3 Å². The number of halogens is 3. The van der Waals surface area contributed by atoms with Crippen molar-refractivity contribution in [1.29, 1.82) is 0 Å². The van der Waals surface area contributed by atoms with Crippen LogP contribution in [0, 0.1) is 5.92 Å². The standard InChI is InChI=1S/C25H29F3N6O4/c1-24(2,3)38-23(37)30-13-15(25(26,27)28)12-19(35)17-7-8-18-21(31-17)34(16-9-11-33(18)14-16)22(36)32-20-6-4-5-10-29-20/h4-8,10,15-16H,9,11-14H2,1-3H3,(H,30,37)(H,29,32,36)/t15?,16-/m0/s1. The number of hydrogen-bond acceptors (Lipinski definition) is 7. The predicted molar refractivity (Wildman–Crippen MR) is 133 cm³/mol. The van der Waals surface area contributed by atoms with Crippen LogP contribution in [0.1, 0.15) is 44.1 Å². The number of Topliss-reactive ketones (excluding diaryl/α,β-unsaturated/α-hetero) is 1. The van der Waals surface area contributed by atoms with Gasteiger partial charge in [-0.15, -0.1) is 0 Å². The van der Waals surface area contributed by atoms with E-state index < -0.39 is 48.6 Å². The fourth-order valence-electron chi connectivity index (χ4n) is 4.39. The van der Waals surface area contributed by atoms with E-state index in [4.69, 9.17) is 4.74 Å². The molecule has 1 saturated heterocycles. The maximum absolute atomic E-state index is 13.7. The number of urea groups is 1. The SMILES string of the molecule is CC(C)(C)OC(=O)NCC(CC(=O)c1ccc2c(n1)N(C(=O)Nc1ccccn1)[C@H]1CCN2C1)C(F)(F)F. The van der Waals surface area contributed by atoms with Crippen molar-refractivity contribution < 1.29 is 32.3 Å². The minimum absolute atomic E-state index is 0.201. The fourth-order valence-corrected chi connectivity index (χ4v) is 4.39. The molecule has 2 atom stereocenters. The molecule has 1 unspecified atom stereocenters. The summed E-state index contributed by atoms with van der Waals surface area (Å²) >= 11 is 0. The Balaban J connectivity index is 1.53. The summed E-state index contributed by atoms with van der Waals surface area (Å²) in [5.74, 6) is -2.48. The third-order valence-corrected chi connectivity index (χ3v) is 6.14. The van der Waals surface area contributed by atoms with E-state index in [1.54, 1.807) is 45.0 Å². The average Bonchev–Trinajstić information content (AvgIpc) is 3.24. The lowest BCUT2D eigenvalue weighted by molar-refractivity contribution is -0.172. The minimum atomic E-state index is -4.75. The maximum Gasteiger partial charge on any atom is 0.407 e. The molecule has 2 aliphatic heterocycles. The largest absolute Gasteiger partial charge is 0.444 e. The molecule has 3 amide bonds. The molecule has 10 nitrogen and oxygen atoms in total. The average molecular weight is 535 g/mol. The van der Waals surface area contributed by atoms with Crippen molar-refractivity contribution in [2.75, 3.05) is 34.8 Å². The van der Waals surface area contributed by atoms with Gasteiger partial charge < -0.3 is 15.0 Å². The topological polar surface area (TPSA) is 117 Å². The highest BCUT2D eigenvalue weighted by Crippen LogP contribution is 2.39. The highest BCUT2D eigenvalue weighted by atomic mass is 19.4. The summed E-state index contributed by atoms with van der Waals surface area (Å²) in [6.45, 7) is 5.17. The summed E-state index contributed by atoms with van der Waals surface area (Å²) in [6, 6.07) is 7.29. The molecule has 2 aromatic rings. The van der Waals surface area contributed by atoms with Gasteiger partial charge in [0.1, 0.15) is 17.1 Å². The lowest BCUT2D eigenvalue weighted by atomic mass is 9.99. The Morgan fingerprint density at radius 2 is 1.92 bits per heavy atom. The molecule has 4 heterocycles. The van der Waals surface area contributed by atoms with Crippen molar-refractivity contribution in [2.24, 2.45) is 5.92 Å². The van der Waals surface area contributed by atoms with E-state index in [1.807, 2.05) is 4.90 Å². The number of alkyl carbamates (subject to hydrolysis) is 1. The Morgan fingerprint density at radius 1 is 1.16 bits per heavy atom. The molecule has 204 valence electrons. The van der Waals surface area contributed by atoms with Gasteiger partial charge in [-0.3, -0.25) is 15.0 Å². The normalized spacial score (nSPS) is 17.5. The van der Waals surface area contributed by atoms with Gasteiger partial charge in [-0.05, 0) is 51.5 Å². The molecule has 0 aromatic carbocycles.